The van der Waals surface area contributed by atoms with E-state index >= 15 is 0 Å². The lowest BCUT2D eigenvalue weighted by Crippen LogP contribution is -2.14. The molecule has 1 aromatic carbocycles. The van der Waals surface area contributed by atoms with Crippen LogP contribution in [0, 0.1) is 0 Å². The number of hydrogen-bond donors (Lipinski definition) is 2. The molecule has 0 aliphatic rings. The monoisotopic (exact) mass is 231 g/mol. The summed E-state index contributed by atoms with van der Waals surface area (Å²) in [5.74, 6) is 0.250. The van der Waals surface area contributed by atoms with Gasteiger partial charge in [0.2, 0.25) is 6.43 Å². The van der Waals surface area contributed by atoms with Gasteiger partial charge in [0.15, 0.2) is 11.5 Å². The number of benzene rings is 1. The molecular weight excluding hydrogens is 216 g/mol. The predicted octanol–water partition coefficient (Wildman–Crippen LogP) is 2.45. The summed E-state index contributed by atoms with van der Waals surface area (Å²) in [5.41, 5.74) is 6.12. The summed E-state index contributed by atoms with van der Waals surface area (Å²) in [5, 5.41) is 9.42. The minimum atomic E-state index is -2.45. The third-order valence-electron chi connectivity index (χ3n) is 2.14. The van der Waals surface area contributed by atoms with Gasteiger partial charge in [0.05, 0.1) is 6.61 Å². The molecule has 0 amide bonds. The van der Waals surface area contributed by atoms with Gasteiger partial charge >= 0.3 is 0 Å². The smallest absolute Gasteiger partial charge is 0.240 e. The highest BCUT2D eigenvalue weighted by molar-refractivity contribution is 5.42. The zero-order chi connectivity index (χ0) is 12.1. The number of rotatable bonds is 5. The fourth-order valence-corrected chi connectivity index (χ4v) is 1.36. The molecule has 0 unspecified atom stereocenters. The van der Waals surface area contributed by atoms with Crippen LogP contribution in [0.4, 0.5) is 8.78 Å². The van der Waals surface area contributed by atoms with Gasteiger partial charge in [0.25, 0.3) is 0 Å². The lowest BCUT2D eigenvalue weighted by Gasteiger charge is -2.13. The molecule has 0 bridgehead atoms. The Morgan fingerprint density at radius 2 is 2.12 bits per heavy atom. The molecule has 90 valence electrons. The first-order chi connectivity index (χ1) is 7.54. The molecule has 0 aliphatic carbocycles. The first-order valence-corrected chi connectivity index (χ1v) is 5.04. The molecular formula is C11H15F2NO2. The number of phenols is 1. The third kappa shape index (κ3) is 3.34. The van der Waals surface area contributed by atoms with Crippen molar-refractivity contribution in [3.05, 3.63) is 23.8 Å². The first kappa shape index (κ1) is 12.7. The van der Waals surface area contributed by atoms with Gasteiger partial charge in [-0.3, -0.25) is 0 Å². The number of ether oxygens (including phenoxy) is 1. The highest BCUT2D eigenvalue weighted by Crippen LogP contribution is 2.30. The maximum Gasteiger partial charge on any atom is 0.240 e. The molecule has 0 aromatic heterocycles. The van der Waals surface area contributed by atoms with Crippen molar-refractivity contribution < 1.29 is 18.6 Å². The molecule has 0 saturated heterocycles. The molecule has 0 aliphatic heterocycles. The van der Waals surface area contributed by atoms with E-state index in [9.17, 15) is 13.9 Å². The second-order valence-electron chi connectivity index (χ2n) is 3.39. The quantitative estimate of drug-likeness (QED) is 0.818. The Morgan fingerprint density at radius 3 is 2.69 bits per heavy atom. The Bertz CT molecular complexity index is 345. The highest BCUT2D eigenvalue weighted by Gasteiger charge is 2.14. The van der Waals surface area contributed by atoms with Crippen molar-refractivity contribution in [2.24, 2.45) is 5.73 Å². The van der Waals surface area contributed by atoms with Crippen LogP contribution in [0.3, 0.4) is 0 Å². The molecule has 1 aromatic rings. The van der Waals surface area contributed by atoms with Crippen molar-refractivity contribution in [1.29, 1.82) is 0 Å². The van der Waals surface area contributed by atoms with Crippen LogP contribution in [0.25, 0.3) is 0 Å². The average molecular weight is 231 g/mol. The summed E-state index contributed by atoms with van der Waals surface area (Å²) < 4.78 is 29.4. The number of aromatic hydroxyl groups is 1. The van der Waals surface area contributed by atoms with Crippen molar-refractivity contribution in [2.45, 2.75) is 25.8 Å². The largest absolute Gasteiger partial charge is 0.504 e. The number of phenolic OH excluding ortho intramolecular Hbond substituents is 1. The van der Waals surface area contributed by atoms with Crippen molar-refractivity contribution in [3.63, 3.8) is 0 Å². The Labute approximate surface area is 92.8 Å². The van der Waals surface area contributed by atoms with Gasteiger partial charge in [-0.05, 0) is 24.6 Å². The number of hydrogen-bond acceptors (Lipinski definition) is 3. The van der Waals surface area contributed by atoms with E-state index in [-0.39, 0.29) is 11.5 Å². The number of nitrogens with two attached hydrogens (primary N) is 1. The first-order valence-electron chi connectivity index (χ1n) is 5.04. The lowest BCUT2D eigenvalue weighted by molar-refractivity contribution is 0.128. The Kier molecular flexibility index (Phi) is 4.49. The van der Waals surface area contributed by atoms with Gasteiger partial charge in [-0.2, -0.15) is 0 Å². The van der Waals surface area contributed by atoms with Crippen LogP contribution in [0.2, 0.25) is 0 Å². The lowest BCUT2D eigenvalue weighted by atomic mass is 10.0. The zero-order valence-electron chi connectivity index (χ0n) is 8.99. The van der Waals surface area contributed by atoms with Gasteiger partial charge in [-0.1, -0.05) is 6.07 Å². The number of halogens is 2. The van der Waals surface area contributed by atoms with E-state index in [0.717, 1.165) is 0 Å². The summed E-state index contributed by atoms with van der Waals surface area (Å²) in [6.07, 6.45) is -2.85. The van der Waals surface area contributed by atoms with E-state index in [0.29, 0.717) is 12.2 Å². The van der Waals surface area contributed by atoms with Crippen LogP contribution in [-0.4, -0.2) is 18.1 Å². The van der Waals surface area contributed by atoms with Crippen molar-refractivity contribution in [2.75, 3.05) is 6.61 Å². The Balaban J connectivity index is 2.84. The third-order valence-corrected chi connectivity index (χ3v) is 2.14. The standard InChI is InChI=1S/C11H15F2NO2/c1-2-16-10-5-7(3-4-9(10)15)8(14)6-11(12)13/h3-5,8,11,15H,2,6,14H2,1H3/t8-/m0/s1. The van der Waals surface area contributed by atoms with E-state index in [1.54, 1.807) is 6.92 Å². The molecule has 0 saturated carbocycles. The van der Waals surface area contributed by atoms with Crippen molar-refractivity contribution >= 4 is 0 Å². The van der Waals surface area contributed by atoms with E-state index in [1.165, 1.54) is 18.2 Å². The molecule has 3 nitrogen and oxygen atoms in total. The fourth-order valence-electron chi connectivity index (χ4n) is 1.36. The van der Waals surface area contributed by atoms with E-state index in [2.05, 4.69) is 0 Å². The van der Waals surface area contributed by atoms with Gasteiger partial charge in [0, 0.05) is 12.5 Å². The molecule has 1 rings (SSSR count). The highest BCUT2D eigenvalue weighted by atomic mass is 19.3. The summed E-state index contributed by atoms with van der Waals surface area (Å²) in [6, 6.07) is 3.66. The van der Waals surface area contributed by atoms with Gasteiger partial charge in [-0.25, -0.2) is 8.78 Å². The van der Waals surface area contributed by atoms with Crippen molar-refractivity contribution in [1.82, 2.24) is 0 Å². The molecule has 3 N–H and O–H groups in total. The summed E-state index contributed by atoms with van der Waals surface area (Å²) in [4.78, 5) is 0. The molecule has 5 heteroatoms. The average Bonchev–Trinajstić information content (AvgIpc) is 2.20. The second-order valence-corrected chi connectivity index (χ2v) is 3.39. The van der Waals surface area contributed by atoms with Crippen LogP contribution in [0.15, 0.2) is 18.2 Å². The SMILES string of the molecule is CCOc1cc([C@@H](N)CC(F)F)ccc1O. The van der Waals surface area contributed by atoms with Gasteiger partial charge in [0.1, 0.15) is 0 Å². The minimum Gasteiger partial charge on any atom is -0.504 e. The Hall–Kier alpha value is -1.36. The maximum atomic E-state index is 12.1. The molecule has 0 radical (unpaired) electrons. The molecule has 0 heterocycles. The second kappa shape index (κ2) is 5.65. The van der Waals surface area contributed by atoms with E-state index in [1.807, 2.05) is 0 Å². The minimum absolute atomic E-state index is 0.0187. The van der Waals surface area contributed by atoms with Gasteiger partial charge in [-0.15, -0.1) is 0 Å². The van der Waals surface area contributed by atoms with Gasteiger partial charge < -0.3 is 15.6 Å². The van der Waals surface area contributed by atoms with Crippen molar-refractivity contribution in [3.8, 4) is 11.5 Å². The fraction of sp³-hybridized carbons (Fsp3) is 0.455. The maximum absolute atomic E-state index is 12.1. The van der Waals surface area contributed by atoms with E-state index < -0.39 is 18.9 Å². The Morgan fingerprint density at radius 1 is 1.44 bits per heavy atom. The topological polar surface area (TPSA) is 55.5 Å². The summed E-state index contributed by atoms with van der Waals surface area (Å²) in [6.45, 7) is 2.16. The normalized spacial score (nSPS) is 12.8. The molecule has 16 heavy (non-hydrogen) atoms. The number of alkyl halides is 2. The van der Waals surface area contributed by atoms with Crippen LogP contribution in [0.5, 0.6) is 11.5 Å². The van der Waals surface area contributed by atoms with Crippen LogP contribution >= 0.6 is 0 Å². The molecule has 1 atom stereocenters. The molecule has 0 spiro atoms. The van der Waals surface area contributed by atoms with Crippen LogP contribution < -0.4 is 10.5 Å². The summed E-state index contributed by atoms with van der Waals surface area (Å²) in [7, 11) is 0. The molecule has 0 fully saturated rings. The van der Waals surface area contributed by atoms with Crippen LogP contribution in [-0.2, 0) is 0 Å². The summed E-state index contributed by atoms with van der Waals surface area (Å²) >= 11 is 0. The zero-order valence-corrected chi connectivity index (χ0v) is 8.99. The predicted molar refractivity (Wildman–Crippen MR) is 56.8 cm³/mol. The van der Waals surface area contributed by atoms with Crippen LogP contribution in [0.1, 0.15) is 24.9 Å². The van der Waals surface area contributed by atoms with E-state index in [4.69, 9.17) is 10.5 Å².